The molecule has 4 amide bonds. The highest BCUT2D eigenvalue weighted by Crippen LogP contribution is 2.35. The molecule has 0 aromatic rings. The van der Waals surface area contributed by atoms with Gasteiger partial charge in [0.25, 0.3) is 5.91 Å². The first-order valence-corrected chi connectivity index (χ1v) is 9.40. The summed E-state index contributed by atoms with van der Waals surface area (Å²) >= 11 is 0. The molecule has 148 valence electrons. The lowest BCUT2D eigenvalue weighted by atomic mass is 9.97. The molecule has 1 saturated carbocycles. The molecule has 0 aromatic carbocycles. The van der Waals surface area contributed by atoms with Gasteiger partial charge >= 0.3 is 6.03 Å². The molecule has 2 aliphatic heterocycles. The van der Waals surface area contributed by atoms with Crippen LogP contribution in [-0.4, -0.2) is 78.5 Å². The zero-order valence-electron chi connectivity index (χ0n) is 15.4. The second-order valence-electron chi connectivity index (χ2n) is 7.31. The van der Waals surface area contributed by atoms with Crippen molar-refractivity contribution in [3.05, 3.63) is 0 Å². The molecule has 3 aliphatic rings. The minimum atomic E-state index is -0.772. The lowest BCUT2D eigenvalue weighted by Crippen LogP contribution is -2.50. The van der Waals surface area contributed by atoms with Gasteiger partial charge in [-0.1, -0.05) is 12.8 Å². The van der Waals surface area contributed by atoms with Crippen LogP contribution in [0.2, 0.25) is 0 Å². The Morgan fingerprint density at radius 1 is 1.23 bits per heavy atom. The van der Waals surface area contributed by atoms with Gasteiger partial charge in [0.2, 0.25) is 5.91 Å². The predicted octanol–water partition coefficient (Wildman–Crippen LogP) is 0.0728. The van der Waals surface area contributed by atoms with Crippen molar-refractivity contribution in [1.29, 1.82) is 0 Å². The number of hydrogen-bond acceptors (Lipinski definition) is 5. The lowest BCUT2D eigenvalue weighted by molar-refractivity contribution is -0.137. The molecular weight excluding hydrogens is 358 g/mol. The summed E-state index contributed by atoms with van der Waals surface area (Å²) in [5.74, 6) is -0.502. The van der Waals surface area contributed by atoms with E-state index in [2.05, 4.69) is 20.9 Å². The maximum Gasteiger partial charge on any atom is 0.325 e. The maximum atomic E-state index is 12.7. The Morgan fingerprint density at radius 2 is 1.88 bits per heavy atom. The van der Waals surface area contributed by atoms with Crippen LogP contribution >= 0.6 is 12.4 Å². The number of nitrogens with zero attached hydrogens (tertiary/aromatic N) is 2. The molecule has 1 spiro atoms. The van der Waals surface area contributed by atoms with E-state index in [0.717, 1.165) is 56.9 Å². The molecule has 26 heavy (non-hydrogen) atoms. The minimum Gasteiger partial charge on any atom is -0.354 e. The van der Waals surface area contributed by atoms with E-state index in [4.69, 9.17) is 0 Å². The summed E-state index contributed by atoms with van der Waals surface area (Å²) in [6.07, 6.45) is 4.08. The summed E-state index contributed by atoms with van der Waals surface area (Å²) in [6, 6.07) is -1.21. The van der Waals surface area contributed by atoms with Crippen molar-refractivity contribution in [2.45, 2.75) is 50.6 Å². The van der Waals surface area contributed by atoms with Gasteiger partial charge in [-0.3, -0.25) is 9.59 Å². The monoisotopic (exact) mass is 387 g/mol. The highest BCUT2D eigenvalue weighted by atomic mass is 35.5. The van der Waals surface area contributed by atoms with Gasteiger partial charge in [0.05, 0.1) is 0 Å². The van der Waals surface area contributed by atoms with Gasteiger partial charge < -0.3 is 20.9 Å². The summed E-state index contributed by atoms with van der Waals surface area (Å²) in [6.45, 7) is 7.22. The van der Waals surface area contributed by atoms with E-state index in [1.807, 2.05) is 0 Å². The number of hydrogen-bond donors (Lipinski definition) is 3. The number of carbonyl (C=O) groups excluding carboxylic acids is 3. The van der Waals surface area contributed by atoms with Gasteiger partial charge in [-0.05, 0) is 32.7 Å². The van der Waals surface area contributed by atoms with E-state index in [1.165, 1.54) is 0 Å². The molecule has 0 radical (unpaired) electrons. The number of rotatable bonds is 6. The van der Waals surface area contributed by atoms with E-state index in [1.54, 1.807) is 6.92 Å². The fourth-order valence-corrected chi connectivity index (χ4v) is 4.02. The average Bonchev–Trinajstić information content (AvgIpc) is 3.17. The number of nitrogens with one attached hydrogen (secondary N) is 3. The van der Waals surface area contributed by atoms with Crippen LogP contribution in [0.3, 0.4) is 0 Å². The third-order valence-electron chi connectivity index (χ3n) is 5.58. The molecule has 1 atom stereocenters. The number of urea groups is 1. The zero-order valence-corrected chi connectivity index (χ0v) is 16.2. The number of carbonyl (C=O) groups is 3. The van der Waals surface area contributed by atoms with Crippen LogP contribution in [0.5, 0.6) is 0 Å². The molecule has 0 bridgehead atoms. The average molecular weight is 388 g/mol. The van der Waals surface area contributed by atoms with E-state index >= 15 is 0 Å². The number of imide groups is 1. The summed E-state index contributed by atoms with van der Waals surface area (Å²) in [5, 5.41) is 9.00. The first-order chi connectivity index (χ1) is 12.0. The fourth-order valence-electron chi connectivity index (χ4n) is 4.02. The minimum absolute atomic E-state index is 0. The molecule has 0 aromatic heterocycles. The maximum absolute atomic E-state index is 12.7. The highest BCUT2D eigenvalue weighted by Gasteiger charge is 2.54. The highest BCUT2D eigenvalue weighted by molar-refractivity contribution is 6.09. The van der Waals surface area contributed by atoms with E-state index < -0.39 is 17.6 Å². The molecular formula is C17H30ClN5O3. The van der Waals surface area contributed by atoms with Crippen molar-refractivity contribution in [2.75, 3.05) is 39.3 Å². The van der Waals surface area contributed by atoms with Gasteiger partial charge in [0.1, 0.15) is 11.6 Å². The fraction of sp³-hybridized carbons (Fsp3) is 0.824. The van der Waals surface area contributed by atoms with Crippen molar-refractivity contribution >= 4 is 30.3 Å². The molecule has 8 nitrogen and oxygen atoms in total. The second kappa shape index (κ2) is 9.01. The molecule has 3 N–H and O–H groups in total. The van der Waals surface area contributed by atoms with Crippen molar-refractivity contribution in [3.8, 4) is 0 Å². The van der Waals surface area contributed by atoms with Crippen molar-refractivity contribution in [3.63, 3.8) is 0 Å². The van der Waals surface area contributed by atoms with Gasteiger partial charge in [0, 0.05) is 32.7 Å². The second-order valence-corrected chi connectivity index (χ2v) is 7.31. The summed E-state index contributed by atoms with van der Waals surface area (Å²) < 4.78 is 0. The predicted molar refractivity (Wildman–Crippen MR) is 100 cm³/mol. The molecule has 3 fully saturated rings. The van der Waals surface area contributed by atoms with Gasteiger partial charge in [0.15, 0.2) is 0 Å². The summed E-state index contributed by atoms with van der Waals surface area (Å²) in [5.41, 5.74) is -0.756. The molecule has 1 aliphatic carbocycles. The van der Waals surface area contributed by atoms with Crippen LogP contribution in [0.4, 0.5) is 4.79 Å². The van der Waals surface area contributed by atoms with Crippen LogP contribution in [0.15, 0.2) is 0 Å². The van der Waals surface area contributed by atoms with Crippen molar-refractivity contribution in [1.82, 2.24) is 25.8 Å². The topological polar surface area (TPSA) is 93.8 Å². The Morgan fingerprint density at radius 3 is 2.54 bits per heavy atom. The molecule has 9 heteroatoms. The van der Waals surface area contributed by atoms with Crippen LogP contribution in [0, 0.1) is 0 Å². The van der Waals surface area contributed by atoms with E-state index in [0.29, 0.717) is 19.4 Å². The van der Waals surface area contributed by atoms with Gasteiger partial charge in [-0.2, -0.15) is 0 Å². The van der Waals surface area contributed by atoms with E-state index in [-0.39, 0.29) is 24.2 Å². The molecule has 2 heterocycles. The smallest absolute Gasteiger partial charge is 0.325 e. The SMILES string of the molecule is CC(C(=O)NCCCN1CCNCC1)N1C(=O)NC2(CCCC2)C1=O.Cl. The summed E-state index contributed by atoms with van der Waals surface area (Å²) in [4.78, 5) is 40.7. The normalized spacial score (nSPS) is 23.7. The van der Waals surface area contributed by atoms with Crippen LogP contribution in [-0.2, 0) is 9.59 Å². The lowest BCUT2D eigenvalue weighted by Gasteiger charge is -2.27. The summed E-state index contributed by atoms with van der Waals surface area (Å²) in [7, 11) is 0. The number of halogens is 1. The van der Waals surface area contributed by atoms with Crippen LogP contribution in [0.1, 0.15) is 39.0 Å². The van der Waals surface area contributed by atoms with Gasteiger partial charge in [-0.15, -0.1) is 12.4 Å². The molecule has 3 rings (SSSR count). The molecule has 2 saturated heterocycles. The van der Waals surface area contributed by atoms with Crippen LogP contribution < -0.4 is 16.0 Å². The van der Waals surface area contributed by atoms with E-state index in [9.17, 15) is 14.4 Å². The standard InChI is InChI=1S/C17H29N5O3.ClH/c1-13(14(23)19-7-4-10-21-11-8-18-9-12-21)22-15(24)17(20-16(22)25)5-2-3-6-17;/h13,18H,2-12H2,1H3,(H,19,23)(H,20,25);1H. The quantitative estimate of drug-likeness (QED) is 0.443. The van der Waals surface area contributed by atoms with Crippen LogP contribution in [0.25, 0.3) is 0 Å². The Kier molecular flexibility index (Phi) is 7.25. The number of piperazine rings is 1. The Bertz CT molecular complexity index is 532. The first-order valence-electron chi connectivity index (χ1n) is 9.40. The Labute approximate surface area is 160 Å². The molecule has 1 unspecified atom stereocenters. The zero-order chi connectivity index (χ0) is 17.9. The first kappa shape index (κ1) is 20.9. The third kappa shape index (κ3) is 4.29. The largest absolute Gasteiger partial charge is 0.354 e. The Balaban J connectivity index is 0.00000243. The Hall–Kier alpha value is -1.38. The number of amides is 4. The third-order valence-corrected chi connectivity index (χ3v) is 5.58. The van der Waals surface area contributed by atoms with Crippen molar-refractivity contribution in [2.24, 2.45) is 0 Å². The van der Waals surface area contributed by atoms with Gasteiger partial charge in [-0.25, -0.2) is 9.69 Å². The van der Waals surface area contributed by atoms with Crippen molar-refractivity contribution < 1.29 is 14.4 Å².